The van der Waals surface area contributed by atoms with Crippen molar-refractivity contribution in [2.45, 2.75) is 96.5 Å². The summed E-state index contributed by atoms with van der Waals surface area (Å²) in [4.78, 5) is 0. The summed E-state index contributed by atoms with van der Waals surface area (Å²) in [6, 6.07) is 2.79. The van der Waals surface area contributed by atoms with Gasteiger partial charge in [0.2, 0.25) is 0 Å². The molecule has 0 aromatic rings. The minimum absolute atomic E-state index is 0.202. The average Bonchev–Trinajstić information content (AvgIpc) is 2.88. The fourth-order valence-electron chi connectivity index (χ4n) is 4.54. The van der Waals surface area contributed by atoms with Crippen molar-refractivity contribution in [1.29, 1.82) is 0 Å². The first kappa shape index (κ1) is 38.6. The van der Waals surface area contributed by atoms with E-state index in [9.17, 15) is 0 Å². The van der Waals surface area contributed by atoms with Crippen LogP contribution in [0.15, 0.2) is 0 Å². The molecule has 0 aliphatic carbocycles. The standard InChI is InChI=1S/C25H60N2O7SSi3/c1-11-31-36(9,32-12-2)21-15-18-26-25(27-19-16-22-37(10,33-13-3)34-14-4)24(5)35-20-17-23-38(28-6,29-7)30-8/h24-27H,11-23H2,1-10H3. The summed E-state index contributed by atoms with van der Waals surface area (Å²) in [6.45, 7) is 19.5. The average molecular weight is 617 g/mol. The lowest BCUT2D eigenvalue weighted by molar-refractivity contribution is 0.123. The second-order valence-corrected chi connectivity index (χ2v) is 20.8. The maximum atomic E-state index is 6.02. The molecule has 1 unspecified atom stereocenters. The lowest BCUT2D eigenvalue weighted by Gasteiger charge is -2.29. The zero-order chi connectivity index (χ0) is 28.9. The number of rotatable bonds is 27. The van der Waals surface area contributed by atoms with Crippen molar-refractivity contribution in [3.05, 3.63) is 0 Å². The minimum Gasteiger partial charge on any atom is -0.395 e. The fraction of sp³-hybridized carbons (Fsp3) is 1.00. The number of hydrogen-bond acceptors (Lipinski definition) is 10. The Morgan fingerprint density at radius 1 is 0.632 bits per heavy atom. The molecule has 0 radical (unpaired) electrons. The van der Waals surface area contributed by atoms with Crippen molar-refractivity contribution in [2.75, 3.05) is 66.6 Å². The molecule has 0 aliphatic heterocycles. The van der Waals surface area contributed by atoms with E-state index in [-0.39, 0.29) is 6.17 Å². The van der Waals surface area contributed by atoms with Gasteiger partial charge in [-0.15, -0.1) is 0 Å². The van der Waals surface area contributed by atoms with Gasteiger partial charge in [0.1, 0.15) is 0 Å². The monoisotopic (exact) mass is 616 g/mol. The molecular weight excluding hydrogens is 557 g/mol. The fourth-order valence-corrected chi connectivity index (χ4v) is 12.4. The van der Waals surface area contributed by atoms with E-state index >= 15 is 0 Å². The van der Waals surface area contributed by atoms with Crippen molar-refractivity contribution in [3.63, 3.8) is 0 Å². The molecule has 9 nitrogen and oxygen atoms in total. The minimum atomic E-state index is -2.52. The highest BCUT2D eigenvalue weighted by Gasteiger charge is 2.37. The summed E-state index contributed by atoms with van der Waals surface area (Å²) in [5.74, 6) is 1.02. The van der Waals surface area contributed by atoms with E-state index < -0.39 is 25.9 Å². The van der Waals surface area contributed by atoms with Gasteiger partial charge in [0.15, 0.2) is 0 Å². The van der Waals surface area contributed by atoms with E-state index in [1.165, 1.54) is 0 Å². The summed E-state index contributed by atoms with van der Waals surface area (Å²) in [6.07, 6.45) is 3.25. The highest BCUT2D eigenvalue weighted by Crippen LogP contribution is 2.22. The molecule has 0 saturated carbocycles. The van der Waals surface area contributed by atoms with Crippen LogP contribution >= 0.6 is 11.8 Å². The Bertz CT molecular complexity index is 519. The van der Waals surface area contributed by atoms with Gasteiger partial charge in [-0.3, -0.25) is 0 Å². The maximum absolute atomic E-state index is 6.02. The maximum Gasteiger partial charge on any atom is 0.500 e. The molecular formula is C25H60N2O7SSi3. The Morgan fingerprint density at radius 3 is 1.37 bits per heavy atom. The molecule has 0 heterocycles. The topological polar surface area (TPSA) is 88.7 Å². The molecule has 0 aliphatic rings. The molecule has 0 saturated heterocycles. The highest BCUT2D eigenvalue weighted by molar-refractivity contribution is 7.99. The van der Waals surface area contributed by atoms with E-state index in [2.05, 4.69) is 30.7 Å². The third kappa shape index (κ3) is 16.2. The molecule has 1 atom stereocenters. The number of thioether (sulfide) groups is 1. The first-order valence-corrected chi connectivity index (χ1v) is 22.4. The molecule has 230 valence electrons. The van der Waals surface area contributed by atoms with E-state index in [1.807, 2.05) is 39.5 Å². The van der Waals surface area contributed by atoms with Crippen molar-refractivity contribution < 1.29 is 31.0 Å². The van der Waals surface area contributed by atoms with E-state index in [0.29, 0.717) is 31.7 Å². The van der Waals surface area contributed by atoms with Crippen LogP contribution in [-0.4, -0.2) is 104 Å². The third-order valence-corrected chi connectivity index (χ3v) is 16.8. The number of nitrogens with one attached hydrogen (secondary N) is 2. The molecule has 38 heavy (non-hydrogen) atoms. The van der Waals surface area contributed by atoms with Crippen LogP contribution in [0.1, 0.15) is 53.9 Å². The molecule has 0 fully saturated rings. The number of hydrogen-bond donors (Lipinski definition) is 2. The van der Waals surface area contributed by atoms with Crippen LogP contribution in [0.5, 0.6) is 0 Å². The predicted molar refractivity (Wildman–Crippen MR) is 167 cm³/mol. The van der Waals surface area contributed by atoms with Crippen molar-refractivity contribution in [2.24, 2.45) is 0 Å². The summed E-state index contributed by atoms with van der Waals surface area (Å²) in [7, 11) is -1.67. The van der Waals surface area contributed by atoms with Gasteiger partial charge in [-0.2, -0.15) is 11.8 Å². The molecule has 0 aromatic heterocycles. The van der Waals surface area contributed by atoms with Gasteiger partial charge in [-0.1, -0.05) is 6.92 Å². The normalized spacial score (nSPS) is 14.0. The van der Waals surface area contributed by atoms with Gasteiger partial charge in [0, 0.05) is 59.1 Å². The Labute approximate surface area is 242 Å². The van der Waals surface area contributed by atoms with E-state index in [0.717, 1.165) is 56.2 Å². The zero-order valence-electron chi connectivity index (χ0n) is 26.1. The van der Waals surface area contributed by atoms with E-state index in [4.69, 9.17) is 31.0 Å². The van der Waals surface area contributed by atoms with Crippen LogP contribution in [0, 0.1) is 0 Å². The summed E-state index contributed by atoms with van der Waals surface area (Å²) >= 11 is 1.97. The Morgan fingerprint density at radius 2 is 1.03 bits per heavy atom. The smallest absolute Gasteiger partial charge is 0.395 e. The Hall–Kier alpha value is 0.641. The zero-order valence-corrected chi connectivity index (χ0v) is 29.9. The van der Waals surface area contributed by atoms with Gasteiger partial charge < -0.3 is 41.6 Å². The summed E-state index contributed by atoms with van der Waals surface area (Å²) in [5, 5.41) is 7.95. The lowest BCUT2D eigenvalue weighted by Crippen LogP contribution is -2.50. The van der Waals surface area contributed by atoms with Gasteiger partial charge in [0.05, 0.1) is 6.17 Å². The van der Waals surface area contributed by atoms with Gasteiger partial charge in [-0.25, -0.2) is 0 Å². The van der Waals surface area contributed by atoms with E-state index in [1.54, 1.807) is 21.3 Å². The van der Waals surface area contributed by atoms with Gasteiger partial charge >= 0.3 is 25.9 Å². The van der Waals surface area contributed by atoms with Crippen LogP contribution in [0.3, 0.4) is 0 Å². The summed E-state index contributed by atoms with van der Waals surface area (Å²) in [5.41, 5.74) is 0. The van der Waals surface area contributed by atoms with Crippen molar-refractivity contribution in [3.8, 4) is 0 Å². The first-order valence-electron chi connectivity index (χ1n) is 14.4. The second kappa shape index (κ2) is 22.3. The van der Waals surface area contributed by atoms with Crippen LogP contribution in [0.4, 0.5) is 0 Å². The van der Waals surface area contributed by atoms with Crippen LogP contribution in [0.25, 0.3) is 0 Å². The highest BCUT2D eigenvalue weighted by atomic mass is 32.2. The predicted octanol–water partition coefficient (Wildman–Crippen LogP) is 4.95. The quantitative estimate of drug-likeness (QED) is 0.0751. The summed E-state index contributed by atoms with van der Waals surface area (Å²) < 4.78 is 40.8. The second-order valence-electron chi connectivity index (χ2n) is 9.57. The molecule has 0 rings (SSSR count). The van der Waals surface area contributed by atoms with Crippen LogP contribution in [0.2, 0.25) is 31.2 Å². The Kier molecular flexibility index (Phi) is 22.6. The molecule has 2 N–H and O–H groups in total. The van der Waals surface area contributed by atoms with Crippen molar-refractivity contribution in [1.82, 2.24) is 10.6 Å². The van der Waals surface area contributed by atoms with Crippen LogP contribution < -0.4 is 10.6 Å². The SMILES string of the molecule is CCO[Si](C)(CCCNC(NCCC[Si](C)(OCC)OCC)C(C)SCCC[Si](OC)(OC)OC)OCC. The van der Waals surface area contributed by atoms with Gasteiger partial charge in [0.25, 0.3) is 0 Å². The Balaban J connectivity index is 4.93. The molecule has 0 aromatic carbocycles. The van der Waals surface area contributed by atoms with Gasteiger partial charge in [-0.05, 0) is 91.0 Å². The third-order valence-electron chi connectivity index (χ3n) is 6.55. The molecule has 0 spiro atoms. The molecule has 0 amide bonds. The van der Waals surface area contributed by atoms with Crippen molar-refractivity contribution >= 4 is 37.7 Å². The lowest BCUT2D eigenvalue weighted by atomic mass is 10.3. The van der Waals surface area contributed by atoms with Crippen LogP contribution in [-0.2, 0) is 31.0 Å². The largest absolute Gasteiger partial charge is 0.500 e. The first-order chi connectivity index (χ1) is 18.1. The molecule has 13 heteroatoms. The molecule has 0 bridgehead atoms.